The molecule has 1 amide bonds. The van der Waals surface area contributed by atoms with Crippen LogP contribution < -0.4 is 10.6 Å². The van der Waals surface area contributed by atoms with Gasteiger partial charge in [0.25, 0.3) is 0 Å². The Hall–Kier alpha value is -1.40. The lowest BCUT2D eigenvalue weighted by Gasteiger charge is -2.24. The molecule has 1 aromatic carbocycles. The van der Waals surface area contributed by atoms with Crippen molar-refractivity contribution in [2.45, 2.75) is 31.8 Å². The number of nitrogens with one attached hydrogen (secondary N) is 2. The van der Waals surface area contributed by atoms with Gasteiger partial charge in [0.1, 0.15) is 0 Å². The summed E-state index contributed by atoms with van der Waals surface area (Å²) in [6, 6.07) is 9.71. The molecule has 0 aliphatic carbocycles. The monoisotopic (exact) mass is 310 g/mol. The fraction of sp³-hybridized carbons (Fsp3) is 0.533. The molecular weight excluding hydrogens is 288 g/mol. The first kappa shape index (κ1) is 16.0. The van der Waals surface area contributed by atoms with E-state index >= 15 is 0 Å². The van der Waals surface area contributed by atoms with E-state index in [-0.39, 0.29) is 35.9 Å². The van der Waals surface area contributed by atoms with E-state index in [1.807, 2.05) is 37.3 Å². The Morgan fingerprint density at radius 1 is 1.38 bits per heavy atom. The normalized spacial score (nSPS) is 22.4. The molecule has 1 saturated heterocycles. The van der Waals surface area contributed by atoms with Crippen LogP contribution in [-0.2, 0) is 21.1 Å². The average Bonchev–Trinajstić information content (AvgIpc) is 2.38. The molecule has 0 spiro atoms. The van der Waals surface area contributed by atoms with Crippen LogP contribution in [0.4, 0.5) is 0 Å². The zero-order chi connectivity index (χ0) is 15.3. The number of benzene rings is 1. The standard InChI is InChI=1S/C15H22N2O3S/c1-12(9-13-5-3-2-4-6-13)17-15(18)10-14-11-21(19,20)8-7-16-14/h2-6,12,14,16H,7-11H2,1H3,(H,17,18). The predicted octanol–water partition coefficient (Wildman–Crippen LogP) is 0.511. The van der Waals surface area contributed by atoms with Gasteiger partial charge in [-0.05, 0) is 18.9 Å². The van der Waals surface area contributed by atoms with Gasteiger partial charge in [-0.1, -0.05) is 30.3 Å². The van der Waals surface area contributed by atoms with Crippen LogP contribution in [-0.4, -0.2) is 44.5 Å². The van der Waals surface area contributed by atoms with Crippen LogP contribution in [0.5, 0.6) is 0 Å². The van der Waals surface area contributed by atoms with Gasteiger partial charge in [0.05, 0.1) is 11.5 Å². The topological polar surface area (TPSA) is 75.3 Å². The highest BCUT2D eigenvalue weighted by atomic mass is 32.2. The Bertz CT molecular complexity index is 572. The first-order chi connectivity index (χ1) is 9.94. The van der Waals surface area contributed by atoms with E-state index in [1.54, 1.807) is 0 Å². The Balaban J connectivity index is 1.79. The van der Waals surface area contributed by atoms with E-state index in [1.165, 1.54) is 5.56 Å². The Labute approximate surface area is 126 Å². The smallest absolute Gasteiger partial charge is 0.221 e. The number of rotatable bonds is 5. The molecule has 5 nitrogen and oxygen atoms in total. The van der Waals surface area contributed by atoms with Gasteiger partial charge in [-0.15, -0.1) is 0 Å². The Morgan fingerprint density at radius 3 is 2.76 bits per heavy atom. The summed E-state index contributed by atoms with van der Waals surface area (Å²) < 4.78 is 23.1. The molecule has 0 radical (unpaired) electrons. The third kappa shape index (κ3) is 5.47. The van der Waals surface area contributed by atoms with Crippen LogP contribution in [0.25, 0.3) is 0 Å². The molecule has 0 bridgehead atoms. The van der Waals surface area contributed by atoms with Crippen molar-refractivity contribution in [2.24, 2.45) is 0 Å². The maximum atomic E-state index is 12.0. The second-order valence-corrected chi connectivity index (χ2v) is 7.86. The SMILES string of the molecule is CC(Cc1ccccc1)NC(=O)CC1CS(=O)(=O)CCN1. The molecule has 2 N–H and O–H groups in total. The molecule has 1 heterocycles. The number of hydrogen-bond acceptors (Lipinski definition) is 4. The summed E-state index contributed by atoms with van der Waals surface area (Å²) in [6.07, 6.45) is 0.974. The van der Waals surface area contributed by atoms with E-state index in [9.17, 15) is 13.2 Å². The van der Waals surface area contributed by atoms with Crippen LogP contribution >= 0.6 is 0 Å². The highest BCUT2D eigenvalue weighted by Gasteiger charge is 2.26. The molecule has 2 unspecified atom stereocenters. The lowest BCUT2D eigenvalue weighted by molar-refractivity contribution is -0.122. The van der Waals surface area contributed by atoms with E-state index in [4.69, 9.17) is 0 Å². The van der Waals surface area contributed by atoms with Crippen molar-refractivity contribution in [1.82, 2.24) is 10.6 Å². The van der Waals surface area contributed by atoms with Gasteiger partial charge in [0.2, 0.25) is 5.91 Å². The quantitative estimate of drug-likeness (QED) is 0.831. The van der Waals surface area contributed by atoms with Crippen molar-refractivity contribution >= 4 is 15.7 Å². The fourth-order valence-electron chi connectivity index (χ4n) is 2.57. The molecule has 116 valence electrons. The van der Waals surface area contributed by atoms with Crippen molar-refractivity contribution in [1.29, 1.82) is 0 Å². The van der Waals surface area contributed by atoms with E-state index in [0.29, 0.717) is 6.54 Å². The van der Waals surface area contributed by atoms with Crippen LogP contribution in [0.2, 0.25) is 0 Å². The minimum Gasteiger partial charge on any atom is -0.353 e. The summed E-state index contributed by atoms with van der Waals surface area (Å²) in [6.45, 7) is 2.38. The van der Waals surface area contributed by atoms with Crippen molar-refractivity contribution in [2.75, 3.05) is 18.1 Å². The maximum absolute atomic E-state index is 12.0. The van der Waals surface area contributed by atoms with Crippen LogP contribution in [0.1, 0.15) is 18.9 Å². The minimum absolute atomic E-state index is 0.0279. The summed E-state index contributed by atoms with van der Waals surface area (Å²) in [5.41, 5.74) is 1.17. The Kier molecular flexibility index (Phi) is 5.36. The third-order valence-corrected chi connectivity index (χ3v) is 5.26. The molecule has 1 aromatic rings. The molecule has 2 atom stereocenters. The summed E-state index contributed by atoms with van der Waals surface area (Å²) in [7, 11) is -3.00. The number of amides is 1. The number of carbonyl (C=O) groups is 1. The third-order valence-electron chi connectivity index (χ3n) is 3.53. The molecule has 0 aromatic heterocycles. The average molecular weight is 310 g/mol. The first-order valence-corrected chi connectivity index (χ1v) is 9.04. The summed E-state index contributed by atoms with van der Waals surface area (Å²) in [5, 5.41) is 6.02. The van der Waals surface area contributed by atoms with Crippen molar-refractivity contribution in [3.63, 3.8) is 0 Å². The molecule has 2 rings (SSSR count). The van der Waals surface area contributed by atoms with Crippen molar-refractivity contribution in [3.8, 4) is 0 Å². The van der Waals surface area contributed by atoms with Gasteiger partial charge < -0.3 is 10.6 Å². The van der Waals surface area contributed by atoms with Gasteiger partial charge in [-0.3, -0.25) is 4.79 Å². The number of sulfone groups is 1. The van der Waals surface area contributed by atoms with E-state index in [0.717, 1.165) is 6.42 Å². The highest BCUT2D eigenvalue weighted by Crippen LogP contribution is 2.06. The minimum atomic E-state index is -3.00. The number of hydrogen-bond donors (Lipinski definition) is 2. The van der Waals surface area contributed by atoms with Gasteiger partial charge in [0, 0.05) is 25.0 Å². The molecule has 0 saturated carbocycles. The number of carbonyl (C=O) groups excluding carboxylic acids is 1. The molecule has 1 fully saturated rings. The molecule has 1 aliphatic rings. The molecule has 6 heteroatoms. The summed E-state index contributed by atoms with van der Waals surface area (Å²) in [4.78, 5) is 12.0. The second kappa shape index (κ2) is 7.04. The van der Waals surface area contributed by atoms with Crippen LogP contribution in [0, 0.1) is 0 Å². The lowest BCUT2D eigenvalue weighted by atomic mass is 10.1. The zero-order valence-electron chi connectivity index (χ0n) is 12.2. The first-order valence-electron chi connectivity index (χ1n) is 7.22. The largest absolute Gasteiger partial charge is 0.353 e. The molecule has 21 heavy (non-hydrogen) atoms. The lowest BCUT2D eigenvalue weighted by Crippen LogP contribution is -2.48. The molecule has 1 aliphatic heterocycles. The zero-order valence-corrected chi connectivity index (χ0v) is 13.0. The van der Waals surface area contributed by atoms with E-state index < -0.39 is 9.84 Å². The van der Waals surface area contributed by atoms with Gasteiger partial charge in [0.15, 0.2) is 9.84 Å². The predicted molar refractivity (Wildman–Crippen MR) is 82.8 cm³/mol. The Morgan fingerprint density at radius 2 is 2.10 bits per heavy atom. The van der Waals surface area contributed by atoms with E-state index in [2.05, 4.69) is 10.6 Å². The van der Waals surface area contributed by atoms with Crippen LogP contribution in [0.15, 0.2) is 30.3 Å². The maximum Gasteiger partial charge on any atom is 0.221 e. The molecular formula is C15H22N2O3S. The van der Waals surface area contributed by atoms with Crippen molar-refractivity contribution < 1.29 is 13.2 Å². The van der Waals surface area contributed by atoms with Gasteiger partial charge in [-0.25, -0.2) is 8.42 Å². The van der Waals surface area contributed by atoms with Crippen LogP contribution in [0.3, 0.4) is 0 Å². The summed E-state index contributed by atoms with van der Waals surface area (Å²) >= 11 is 0. The van der Waals surface area contributed by atoms with Gasteiger partial charge in [-0.2, -0.15) is 0 Å². The second-order valence-electron chi connectivity index (χ2n) is 5.63. The van der Waals surface area contributed by atoms with Gasteiger partial charge >= 0.3 is 0 Å². The van der Waals surface area contributed by atoms with Crippen molar-refractivity contribution in [3.05, 3.63) is 35.9 Å². The fourth-order valence-corrected chi connectivity index (χ4v) is 4.02. The highest BCUT2D eigenvalue weighted by molar-refractivity contribution is 7.91. The summed E-state index contributed by atoms with van der Waals surface area (Å²) in [5.74, 6) is 0.108.